The third-order valence-electron chi connectivity index (χ3n) is 3.00. The molecule has 0 bridgehead atoms. The molecule has 0 aliphatic rings. The Kier molecular flexibility index (Phi) is 7.38. The SMILES string of the molecule is COC(=O)C(O)CNC(=O)[C@@H](NC(=O)OC(C)(C)C)c1ccccc1. The molecule has 0 aliphatic carbocycles. The third-order valence-corrected chi connectivity index (χ3v) is 3.00. The van der Waals surface area contributed by atoms with Crippen molar-refractivity contribution in [2.45, 2.75) is 38.5 Å². The first kappa shape index (κ1) is 20.4. The summed E-state index contributed by atoms with van der Waals surface area (Å²) >= 11 is 0. The molecule has 0 heterocycles. The Bertz CT molecular complexity index is 597. The molecule has 0 aromatic heterocycles. The predicted octanol–water partition coefficient (Wildman–Crippen LogP) is 0.902. The Balaban J connectivity index is 2.83. The maximum absolute atomic E-state index is 12.4. The second-order valence-corrected chi connectivity index (χ2v) is 6.27. The molecule has 1 aromatic carbocycles. The number of nitrogens with one attached hydrogen (secondary N) is 2. The molecular formula is C17H24N2O6. The number of hydrogen-bond donors (Lipinski definition) is 3. The van der Waals surface area contributed by atoms with Crippen molar-refractivity contribution in [2.75, 3.05) is 13.7 Å². The third kappa shape index (κ3) is 7.21. The van der Waals surface area contributed by atoms with Gasteiger partial charge in [0.25, 0.3) is 0 Å². The number of benzene rings is 1. The van der Waals surface area contributed by atoms with E-state index in [0.29, 0.717) is 5.56 Å². The topological polar surface area (TPSA) is 114 Å². The Hall–Kier alpha value is -2.61. The molecule has 2 atom stereocenters. The van der Waals surface area contributed by atoms with E-state index in [1.807, 2.05) is 0 Å². The number of carbonyl (C=O) groups is 3. The van der Waals surface area contributed by atoms with Crippen LogP contribution in [-0.4, -0.2) is 48.4 Å². The van der Waals surface area contributed by atoms with Gasteiger partial charge in [-0.15, -0.1) is 0 Å². The van der Waals surface area contributed by atoms with Crippen molar-refractivity contribution in [3.05, 3.63) is 35.9 Å². The van der Waals surface area contributed by atoms with Gasteiger partial charge in [-0.2, -0.15) is 0 Å². The normalized spacial score (nSPS) is 13.3. The van der Waals surface area contributed by atoms with Crippen LogP contribution in [0.5, 0.6) is 0 Å². The lowest BCUT2D eigenvalue weighted by Gasteiger charge is -2.23. The van der Waals surface area contributed by atoms with Gasteiger partial charge < -0.3 is 25.2 Å². The Morgan fingerprint density at radius 2 is 1.76 bits per heavy atom. The number of carbonyl (C=O) groups excluding carboxylic acids is 3. The number of ether oxygens (including phenoxy) is 2. The minimum absolute atomic E-state index is 0.342. The number of esters is 1. The molecule has 0 saturated carbocycles. The summed E-state index contributed by atoms with van der Waals surface area (Å²) in [6.45, 7) is 4.77. The average molecular weight is 352 g/mol. The summed E-state index contributed by atoms with van der Waals surface area (Å²) in [4.78, 5) is 35.6. The summed E-state index contributed by atoms with van der Waals surface area (Å²) < 4.78 is 9.55. The van der Waals surface area contributed by atoms with E-state index in [1.54, 1.807) is 51.1 Å². The van der Waals surface area contributed by atoms with E-state index < -0.39 is 35.7 Å². The summed E-state index contributed by atoms with van der Waals surface area (Å²) in [7, 11) is 1.13. The zero-order chi connectivity index (χ0) is 19.0. The number of methoxy groups -OCH3 is 1. The van der Waals surface area contributed by atoms with Gasteiger partial charge in [-0.1, -0.05) is 30.3 Å². The Labute approximate surface area is 146 Å². The van der Waals surface area contributed by atoms with Gasteiger partial charge in [0.15, 0.2) is 6.10 Å². The van der Waals surface area contributed by atoms with Crippen molar-refractivity contribution in [2.24, 2.45) is 0 Å². The molecular weight excluding hydrogens is 328 g/mol. The van der Waals surface area contributed by atoms with Gasteiger partial charge in [0.05, 0.1) is 13.7 Å². The quantitative estimate of drug-likeness (QED) is 0.656. The molecule has 0 aliphatic heterocycles. The second-order valence-electron chi connectivity index (χ2n) is 6.27. The molecule has 1 aromatic rings. The van der Waals surface area contributed by atoms with Crippen LogP contribution in [0.4, 0.5) is 4.79 Å². The molecule has 1 unspecified atom stereocenters. The van der Waals surface area contributed by atoms with E-state index >= 15 is 0 Å². The smallest absolute Gasteiger partial charge is 0.408 e. The molecule has 25 heavy (non-hydrogen) atoms. The van der Waals surface area contributed by atoms with Gasteiger partial charge >= 0.3 is 12.1 Å². The van der Waals surface area contributed by atoms with E-state index in [2.05, 4.69) is 15.4 Å². The number of rotatable bonds is 6. The number of amides is 2. The minimum Gasteiger partial charge on any atom is -0.467 e. The lowest BCUT2D eigenvalue weighted by Crippen LogP contribution is -2.45. The molecule has 8 heteroatoms. The fraction of sp³-hybridized carbons (Fsp3) is 0.471. The van der Waals surface area contributed by atoms with Crippen molar-refractivity contribution in [1.82, 2.24) is 10.6 Å². The Morgan fingerprint density at radius 3 is 2.28 bits per heavy atom. The number of aliphatic hydroxyl groups excluding tert-OH is 1. The van der Waals surface area contributed by atoms with Crippen LogP contribution in [0.3, 0.4) is 0 Å². The van der Waals surface area contributed by atoms with Crippen LogP contribution in [0, 0.1) is 0 Å². The van der Waals surface area contributed by atoms with E-state index in [9.17, 15) is 19.5 Å². The van der Waals surface area contributed by atoms with Gasteiger partial charge in [0, 0.05) is 0 Å². The zero-order valence-electron chi connectivity index (χ0n) is 14.7. The number of hydrogen-bond acceptors (Lipinski definition) is 6. The molecule has 0 spiro atoms. The fourth-order valence-corrected chi connectivity index (χ4v) is 1.89. The second kappa shape index (κ2) is 9.03. The van der Waals surface area contributed by atoms with Crippen LogP contribution in [0.15, 0.2) is 30.3 Å². The number of alkyl carbamates (subject to hydrolysis) is 1. The summed E-state index contributed by atoms with van der Waals surface area (Å²) in [5, 5.41) is 14.4. The van der Waals surface area contributed by atoms with Gasteiger partial charge in [-0.3, -0.25) is 4.79 Å². The highest BCUT2D eigenvalue weighted by atomic mass is 16.6. The van der Waals surface area contributed by atoms with Crippen molar-refractivity contribution in [3.8, 4) is 0 Å². The lowest BCUT2D eigenvalue weighted by atomic mass is 10.1. The van der Waals surface area contributed by atoms with Crippen LogP contribution < -0.4 is 10.6 Å². The highest BCUT2D eigenvalue weighted by Crippen LogP contribution is 2.15. The Morgan fingerprint density at radius 1 is 1.16 bits per heavy atom. The van der Waals surface area contributed by atoms with Crippen LogP contribution in [0.1, 0.15) is 32.4 Å². The number of aliphatic hydroxyl groups is 1. The molecule has 0 fully saturated rings. The van der Waals surface area contributed by atoms with Crippen molar-refractivity contribution in [3.63, 3.8) is 0 Å². The minimum atomic E-state index is -1.49. The van der Waals surface area contributed by atoms with Crippen LogP contribution >= 0.6 is 0 Å². The van der Waals surface area contributed by atoms with Crippen LogP contribution in [-0.2, 0) is 19.1 Å². The van der Waals surface area contributed by atoms with Crippen LogP contribution in [0.25, 0.3) is 0 Å². The van der Waals surface area contributed by atoms with Crippen molar-refractivity contribution >= 4 is 18.0 Å². The van der Waals surface area contributed by atoms with Crippen molar-refractivity contribution in [1.29, 1.82) is 0 Å². The molecule has 0 radical (unpaired) electrons. The fourth-order valence-electron chi connectivity index (χ4n) is 1.89. The molecule has 3 N–H and O–H groups in total. The lowest BCUT2D eigenvalue weighted by molar-refractivity contribution is -0.150. The van der Waals surface area contributed by atoms with Gasteiger partial charge in [0.1, 0.15) is 11.6 Å². The standard InChI is InChI=1S/C17H24N2O6/c1-17(2,3)25-16(23)19-13(11-8-6-5-7-9-11)14(21)18-10-12(20)15(22)24-4/h5-9,12-13,20H,10H2,1-4H3,(H,18,21)(H,19,23)/t12?,13-/m0/s1. The summed E-state index contributed by atoms with van der Waals surface area (Å²) in [5.41, 5.74) is -0.193. The van der Waals surface area contributed by atoms with E-state index in [1.165, 1.54) is 0 Å². The maximum Gasteiger partial charge on any atom is 0.408 e. The van der Waals surface area contributed by atoms with E-state index in [-0.39, 0.29) is 6.54 Å². The first-order chi connectivity index (χ1) is 11.6. The predicted molar refractivity (Wildman–Crippen MR) is 89.6 cm³/mol. The first-order valence-corrected chi connectivity index (χ1v) is 7.72. The first-order valence-electron chi connectivity index (χ1n) is 7.72. The molecule has 0 saturated heterocycles. The van der Waals surface area contributed by atoms with Gasteiger partial charge in [0.2, 0.25) is 5.91 Å². The summed E-state index contributed by atoms with van der Waals surface area (Å²) in [6.07, 6.45) is -2.25. The average Bonchev–Trinajstić information content (AvgIpc) is 2.55. The largest absolute Gasteiger partial charge is 0.467 e. The maximum atomic E-state index is 12.4. The zero-order valence-corrected chi connectivity index (χ0v) is 14.7. The molecule has 8 nitrogen and oxygen atoms in total. The molecule has 1 rings (SSSR count). The van der Waals surface area contributed by atoms with Gasteiger partial charge in [-0.25, -0.2) is 9.59 Å². The van der Waals surface area contributed by atoms with Gasteiger partial charge in [-0.05, 0) is 26.3 Å². The summed E-state index contributed by atoms with van der Waals surface area (Å²) in [5.74, 6) is -1.46. The molecule has 2 amide bonds. The van der Waals surface area contributed by atoms with E-state index in [4.69, 9.17) is 4.74 Å². The van der Waals surface area contributed by atoms with E-state index in [0.717, 1.165) is 7.11 Å². The highest BCUT2D eigenvalue weighted by molar-refractivity contribution is 5.87. The van der Waals surface area contributed by atoms with Crippen LogP contribution in [0.2, 0.25) is 0 Å². The van der Waals surface area contributed by atoms with Crippen molar-refractivity contribution < 1.29 is 29.0 Å². The monoisotopic (exact) mass is 352 g/mol. The molecule has 138 valence electrons. The highest BCUT2D eigenvalue weighted by Gasteiger charge is 2.27. The summed E-state index contributed by atoms with van der Waals surface area (Å²) in [6, 6.07) is 7.50.